The summed E-state index contributed by atoms with van der Waals surface area (Å²) in [5.74, 6) is 1.12. The average Bonchev–Trinajstić information content (AvgIpc) is 2.88. The Bertz CT molecular complexity index is 456. The molecule has 0 fully saturated rings. The highest BCUT2D eigenvalue weighted by Crippen LogP contribution is 2.29. The van der Waals surface area contributed by atoms with Gasteiger partial charge in [0.25, 0.3) is 0 Å². The lowest BCUT2D eigenvalue weighted by Crippen LogP contribution is -1.85. The van der Waals surface area contributed by atoms with Crippen LogP contribution in [0.3, 0.4) is 0 Å². The molecule has 3 nitrogen and oxygen atoms in total. The van der Waals surface area contributed by atoms with Crippen molar-refractivity contribution in [3.8, 4) is 11.3 Å². The standard InChI is InChI=1S/C13H17N3S2/c1-2-3-4-5-9-17-13-12(15-18-16-13)11-7-6-8-14-10-11/h6-8,10H,2-5,9H2,1H3. The van der Waals surface area contributed by atoms with E-state index in [4.69, 9.17) is 0 Å². The van der Waals surface area contributed by atoms with Gasteiger partial charge in [-0.2, -0.15) is 8.75 Å². The third kappa shape index (κ3) is 3.78. The average molecular weight is 279 g/mol. The number of rotatable bonds is 7. The molecule has 0 radical (unpaired) electrons. The number of hydrogen-bond acceptors (Lipinski definition) is 5. The predicted molar refractivity (Wildman–Crippen MR) is 78.0 cm³/mol. The van der Waals surface area contributed by atoms with Crippen LogP contribution >= 0.6 is 23.5 Å². The molecule has 0 spiro atoms. The molecule has 0 aliphatic carbocycles. The van der Waals surface area contributed by atoms with E-state index in [0.29, 0.717) is 0 Å². The summed E-state index contributed by atoms with van der Waals surface area (Å²) in [5, 5.41) is 1.05. The first kappa shape index (κ1) is 13.5. The first-order valence-corrected chi connectivity index (χ1v) is 7.99. The van der Waals surface area contributed by atoms with Crippen LogP contribution < -0.4 is 0 Å². The summed E-state index contributed by atoms with van der Waals surface area (Å²) >= 11 is 3.09. The fourth-order valence-corrected chi connectivity index (χ4v) is 3.34. The van der Waals surface area contributed by atoms with Crippen LogP contribution in [-0.4, -0.2) is 19.5 Å². The van der Waals surface area contributed by atoms with Gasteiger partial charge in [-0.05, 0) is 24.3 Å². The minimum atomic E-state index is 0.980. The maximum atomic E-state index is 4.38. The Labute approximate surface area is 116 Å². The van der Waals surface area contributed by atoms with Crippen molar-refractivity contribution in [2.75, 3.05) is 5.75 Å². The second-order valence-electron chi connectivity index (χ2n) is 4.07. The number of unbranched alkanes of at least 4 members (excludes halogenated alkanes) is 3. The Morgan fingerprint density at radius 1 is 1.22 bits per heavy atom. The van der Waals surface area contributed by atoms with E-state index in [1.165, 1.54) is 37.4 Å². The van der Waals surface area contributed by atoms with Gasteiger partial charge in [0.05, 0.1) is 11.7 Å². The largest absolute Gasteiger partial charge is 0.264 e. The molecule has 2 rings (SSSR count). The van der Waals surface area contributed by atoms with Gasteiger partial charge in [-0.15, -0.1) is 11.8 Å². The maximum absolute atomic E-state index is 4.38. The number of hydrogen-bond donors (Lipinski definition) is 0. The van der Waals surface area contributed by atoms with Crippen LogP contribution in [0.2, 0.25) is 0 Å². The number of aromatic nitrogens is 3. The molecule has 0 amide bonds. The summed E-state index contributed by atoms with van der Waals surface area (Å²) in [5.41, 5.74) is 2.04. The molecule has 2 aromatic heterocycles. The van der Waals surface area contributed by atoms with Crippen LogP contribution in [0.1, 0.15) is 32.6 Å². The van der Waals surface area contributed by atoms with Crippen LogP contribution in [0.25, 0.3) is 11.3 Å². The van der Waals surface area contributed by atoms with Crippen molar-refractivity contribution in [2.24, 2.45) is 0 Å². The van der Waals surface area contributed by atoms with Crippen LogP contribution in [0.15, 0.2) is 29.6 Å². The van der Waals surface area contributed by atoms with E-state index >= 15 is 0 Å². The van der Waals surface area contributed by atoms with Crippen molar-refractivity contribution in [3.63, 3.8) is 0 Å². The summed E-state index contributed by atoms with van der Waals surface area (Å²) < 4.78 is 8.75. The Hall–Kier alpha value is -0.940. The molecule has 0 bridgehead atoms. The number of thioether (sulfide) groups is 1. The van der Waals surface area contributed by atoms with Crippen LogP contribution in [-0.2, 0) is 0 Å². The highest BCUT2D eigenvalue weighted by Gasteiger charge is 2.10. The second-order valence-corrected chi connectivity index (χ2v) is 5.68. The Morgan fingerprint density at radius 3 is 2.94 bits per heavy atom. The van der Waals surface area contributed by atoms with Gasteiger partial charge < -0.3 is 0 Å². The molecule has 0 aliphatic rings. The van der Waals surface area contributed by atoms with Crippen LogP contribution in [0.5, 0.6) is 0 Å². The molecular weight excluding hydrogens is 262 g/mol. The minimum absolute atomic E-state index is 0.980. The van der Waals surface area contributed by atoms with Crippen molar-refractivity contribution in [1.29, 1.82) is 0 Å². The Kier molecular flexibility index (Phi) is 5.61. The third-order valence-electron chi connectivity index (χ3n) is 2.63. The lowest BCUT2D eigenvalue weighted by atomic mass is 10.2. The molecule has 18 heavy (non-hydrogen) atoms. The van der Waals surface area contributed by atoms with Gasteiger partial charge in [0.1, 0.15) is 10.7 Å². The zero-order chi connectivity index (χ0) is 12.6. The molecule has 0 unspecified atom stereocenters. The fraction of sp³-hybridized carbons (Fsp3) is 0.462. The fourth-order valence-electron chi connectivity index (χ4n) is 1.65. The lowest BCUT2D eigenvalue weighted by Gasteiger charge is -2.01. The topological polar surface area (TPSA) is 38.7 Å². The second kappa shape index (κ2) is 7.48. The van der Waals surface area contributed by atoms with Crippen LogP contribution in [0, 0.1) is 0 Å². The molecule has 0 saturated carbocycles. The monoisotopic (exact) mass is 279 g/mol. The smallest absolute Gasteiger partial charge is 0.138 e. The molecule has 0 N–H and O–H groups in total. The maximum Gasteiger partial charge on any atom is 0.138 e. The van der Waals surface area contributed by atoms with Gasteiger partial charge in [0.15, 0.2) is 0 Å². The summed E-state index contributed by atoms with van der Waals surface area (Å²) in [7, 11) is 0. The van der Waals surface area contributed by atoms with Crippen molar-refractivity contribution < 1.29 is 0 Å². The SMILES string of the molecule is CCCCCCSc1nsnc1-c1cccnc1. The predicted octanol–water partition coefficient (Wildman–Crippen LogP) is 4.27. The summed E-state index contributed by atoms with van der Waals surface area (Å²) in [6.07, 6.45) is 8.79. The van der Waals surface area contributed by atoms with Crippen LogP contribution in [0.4, 0.5) is 0 Å². The van der Waals surface area contributed by atoms with Gasteiger partial charge in [0.2, 0.25) is 0 Å². The van der Waals surface area contributed by atoms with E-state index < -0.39 is 0 Å². The van der Waals surface area contributed by atoms with Gasteiger partial charge in [-0.25, -0.2) is 0 Å². The van der Waals surface area contributed by atoms with Crippen molar-refractivity contribution in [3.05, 3.63) is 24.5 Å². The van der Waals surface area contributed by atoms with Gasteiger partial charge in [-0.1, -0.05) is 26.2 Å². The summed E-state index contributed by atoms with van der Waals surface area (Å²) in [6.45, 7) is 2.23. The molecule has 5 heteroatoms. The van der Waals surface area contributed by atoms with Crippen molar-refractivity contribution >= 4 is 23.5 Å². The molecule has 0 aliphatic heterocycles. The van der Waals surface area contributed by atoms with Crippen molar-refractivity contribution in [2.45, 2.75) is 37.6 Å². The first-order chi connectivity index (χ1) is 8.92. The molecule has 2 heterocycles. The Morgan fingerprint density at radius 2 is 2.17 bits per heavy atom. The molecule has 96 valence electrons. The molecular formula is C13H17N3S2. The van der Waals surface area contributed by atoms with E-state index in [1.807, 2.05) is 30.1 Å². The van der Waals surface area contributed by atoms with E-state index in [2.05, 4.69) is 20.7 Å². The summed E-state index contributed by atoms with van der Waals surface area (Å²) in [4.78, 5) is 4.13. The first-order valence-electron chi connectivity index (χ1n) is 6.27. The molecule has 2 aromatic rings. The Balaban J connectivity index is 1.92. The number of pyridine rings is 1. The normalized spacial score (nSPS) is 10.7. The van der Waals surface area contributed by atoms with Gasteiger partial charge >= 0.3 is 0 Å². The highest BCUT2D eigenvalue weighted by molar-refractivity contribution is 7.99. The van der Waals surface area contributed by atoms with E-state index in [-0.39, 0.29) is 0 Å². The van der Waals surface area contributed by atoms with E-state index in [1.54, 1.807) is 6.20 Å². The zero-order valence-electron chi connectivity index (χ0n) is 10.5. The van der Waals surface area contributed by atoms with Gasteiger partial charge in [-0.3, -0.25) is 4.98 Å². The highest BCUT2D eigenvalue weighted by atomic mass is 32.2. The summed E-state index contributed by atoms with van der Waals surface area (Å²) in [6, 6.07) is 3.97. The van der Waals surface area contributed by atoms with E-state index in [0.717, 1.165) is 22.0 Å². The van der Waals surface area contributed by atoms with E-state index in [9.17, 15) is 0 Å². The molecule has 0 saturated heterocycles. The number of nitrogens with zero attached hydrogens (tertiary/aromatic N) is 3. The van der Waals surface area contributed by atoms with Crippen molar-refractivity contribution in [1.82, 2.24) is 13.7 Å². The molecule has 0 atom stereocenters. The zero-order valence-corrected chi connectivity index (χ0v) is 12.1. The van der Waals surface area contributed by atoms with Gasteiger partial charge in [0, 0.05) is 18.0 Å². The quantitative estimate of drug-likeness (QED) is 0.560. The third-order valence-corrected chi connectivity index (χ3v) is 4.32. The minimum Gasteiger partial charge on any atom is -0.264 e. The molecule has 0 aromatic carbocycles. The lowest BCUT2D eigenvalue weighted by molar-refractivity contribution is 0.706.